The molecule has 0 radical (unpaired) electrons. The van der Waals surface area contributed by atoms with E-state index in [9.17, 15) is 8.78 Å². The zero-order chi connectivity index (χ0) is 22.5. The van der Waals surface area contributed by atoms with E-state index in [-0.39, 0.29) is 11.6 Å². The van der Waals surface area contributed by atoms with Gasteiger partial charge in [-0.15, -0.1) is 10.7 Å². The molecule has 0 aliphatic carbocycles. The molecule has 0 fully saturated rings. The van der Waals surface area contributed by atoms with E-state index in [0.29, 0.717) is 41.6 Å². The summed E-state index contributed by atoms with van der Waals surface area (Å²) in [6, 6.07) is 10.1. The van der Waals surface area contributed by atoms with Crippen molar-refractivity contribution in [2.45, 2.75) is 25.0 Å². The Bertz CT molecular complexity index is 1140. The third-order valence-corrected chi connectivity index (χ3v) is 5.76. The molecule has 32 heavy (non-hydrogen) atoms. The van der Waals surface area contributed by atoms with E-state index in [1.54, 1.807) is 6.07 Å². The van der Waals surface area contributed by atoms with Crippen molar-refractivity contribution in [2.75, 3.05) is 30.0 Å². The van der Waals surface area contributed by atoms with Gasteiger partial charge in [-0.2, -0.15) is 0 Å². The first-order valence-corrected chi connectivity index (χ1v) is 12.2. The summed E-state index contributed by atoms with van der Waals surface area (Å²) in [6.45, 7) is 1.16. The van der Waals surface area contributed by atoms with Crippen LogP contribution >= 0.6 is 0 Å². The van der Waals surface area contributed by atoms with Gasteiger partial charge in [0.1, 0.15) is 17.3 Å². The summed E-state index contributed by atoms with van der Waals surface area (Å²) in [4.78, 5) is 8.41. The molecule has 9 heteroatoms. The van der Waals surface area contributed by atoms with Crippen molar-refractivity contribution in [1.82, 2.24) is 9.97 Å². The Morgan fingerprint density at radius 2 is 1.97 bits per heavy atom. The lowest BCUT2D eigenvalue weighted by Crippen LogP contribution is -2.05. The molecular formula is C23H25F2N5OS. The minimum absolute atomic E-state index is 0.0868. The van der Waals surface area contributed by atoms with Crippen LogP contribution in [0, 0.1) is 16.4 Å². The van der Waals surface area contributed by atoms with Crippen LogP contribution < -0.4 is 15.4 Å². The minimum Gasteiger partial charge on any atom is -0.494 e. The highest BCUT2D eigenvalue weighted by molar-refractivity contribution is 7.84. The van der Waals surface area contributed by atoms with E-state index in [2.05, 4.69) is 20.6 Å². The predicted octanol–water partition coefficient (Wildman–Crippen LogP) is 5.65. The van der Waals surface area contributed by atoms with E-state index < -0.39 is 22.3 Å². The van der Waals surface area contributed by atoms with Gasteiger partial charge in [-0.3, -0.25) is 4.78 Å². The van der Waals surface area contributed by atoms with E-state index in [4.69, 9.17) is 9.52 Å². The Kier molecular flexibility index (Phi) is 6.94. The fourth-order valence-electron chi connectivity index (χ4n) is 3.53. The number of anilines is 3. The van der Waals surface area contributed by atoms with Gasteiger partial charge in [0, 0.05) is 29.6 Å². The molecule has 0 amide bonds. The number of benzene rings is 2. The number of nitrogens with one attached hydrogen (secondary N) is 3. The van der Waals surface area contributed by atoms with E-state index in [1.165, 1.54) is 12.1 Å². The van der Waals surface area contributed by atoms with Crippen LogP contribution in [0.3, 0.4) is 0 Å². The third kappa shape index (κ3) is 5.59. The van der Waals surface area contributed by atoms with Gasteiger partial charge in [0.15, 0.2) is 5.82 Å². The molecule has 0 saturated carbocycles. The Morgan fingerprint density at radius 3 is 2.81 bits per heavy atom. The molecule has 168 valence electrons. The van der Waals surface area contributed by atoms with Gasteiger partial charge < -0.3 is 15.4 Å². The highest BCUT2D eigenvalue weighted by Crippen LogP contribution is 2.28. The molecule has 1 unspecified atom stereocenters. The van der Waals surface area contributed by atoms with Crippen LogP contribution in [0.2, 0.25) is 0 Å². The molecule has 1 atom stereocenters. The first-order chi connectivity index (χ1) is 15.5. The smallest absolute Gasteiger partial charge is 0.227 e. The molecule has 0 spiro atoms. The van der Waals surface area contributed by atoms with Crippen molar-refractivity contribution >= 4 is 28.0 Å². The minimum atomic E-state index is -0.590. The standard InChI is InChI=1S/C23H25F2N5OS/c1-32(26)14-15-9-17-12-18(10-15)31-8-4-2-3-7-27-21-11-16(5-6-19(21)24)22-20(25)13-28-23(29-17)30-22/h5-6,9-13,26-27H,2-4,7-8,14H2,1H3,(H,28,29,30). The van der Waals surface area contributed by atoms with Crippen molar-refractivity contribution in [3.63, 3.8) is 0 Å². The van der Waals surface area contributed by atoms with Crippen LogP contribution in [0.15, 0.2) is 42.6 Å². The summed E-state index contributed by atoms with van der Waals surface area (Å²) >= 11 is 0. The number of hydrogen-bond donors (Lipinski definition) is 3. The van der Waals surface area contributed by atoms with Crippen molar-refractivity contribution in [3.05, 3.63) is 59.8 Å². The molecule has 6 bridgehead atoms. The maximum atomic E-state index is 14.6. The summed E-state index contributed by atoms with van der Waals surface area (Å²) in [5, 5.41) is 6.21. The maximum Gasteiger partial charge on any atom is 0.227 e. The molecule has 4 rings (SSSR count). The number of nitrogens with zero attached hydrogens (tertiary/aromatic N) is 2. The molecular weight excluding hydrogens is 432 g/mol. The van der Waals surface area contributed by atoms with Gasteiger partial charge in [-0.05, 0) is 61.4 Å². The quantitative estimate of drug-likeness (QED) is 0.463. The molecule has 6 nitrogen and oxygen atoms in total. The van der Waals surface area contributed by atoms with Gasteiger partial charge in [0.25, 0.3) is 0 Å². The lowest BCUT2D eigenvalue weighted by atomic mass is 10.1. The van der Waals surface area contributed by atoms with E-state index >= 15 is 0 Å². The second kappa shape index (κ2) is 10.0. The van der Waals surface area contributed by atoms with E-state index in [1.807, 2.05) is 24.5 Å². The van der Waals surface area contributed by atoms with Crippen LogP contribution in [-0.2, 0) is 16.4 Å². The Hall–Kier alpha value is -3.07. The Morgan fingerprint density at radius 1 is 1.09 bits per heavy atom. The number of halogens is 2. The van der Waals surface area contributed by atoms with Gasteiger partial charge in [0.2, 0.25) is 5.95 Å². The molecule has 1 aliphatic heterocycles. The van der Waals surface area contributed by atoms with Crippen LogP contribution in [0.5, 0.6) is 5.75 Å². The van der Waals surface area contributed by atoms with Crippen molar-refractivity contribution < 1.29 is 13.5 Å². The summed E-state index contributed by atoms with van der Waals surface area (Å²) in [5.74, 6) is 0.539. The average Bonchev–Trinajstić information content (AvgIpc) is 2.74. The highest BCUT2D eigenvalue weighted by atomic mass is 32.2. The molecule has 0 saturated heterocycles. The van der Waals surface area contributed by atoms with Gasteiger partial charge in [-0.25, -0.2) is 18.7 Å². The first-order valence-electron chi connectivity index (χ1n) is 10.4. The molecule has 1 aliphatic rings. The average molecular weight is 458 g/mol. The van der Waals surface area contributed by atoms with Crippen LogP contribution in [0.1, 0.15) is 24.8 Å². The normalized spacial score (nSPS) is 15.0. The number of rotatable bonds is 2. The number of fused-ring (bicyclic) bond motifs is 7. The van der Waals surface area contributed by atoms with Crippen molar-refractivity contribution in [2.24, 2.45) is 0 Å². The lowest BCUT2D eigenvalue weighted by molar-refractivity contribution is 0.306. The summed E-state index contributed by atoms with van der Waals surface area (Å²) < 4.78 is 42.7. The Labute approximate surface area is 188 Å². The van der Waals surface area contributed by atoms with Crippen LogP contribution in [0.25, 0.3) is 11.3 Å². The summed E-state index contributed by atoms with van der Waals surface area (Å²) in [7, 11) is -0.519. The summed E-state index contributed by atoms with van der Waals surface area (Å²) in [6.07, 6.45) is 5.60. The zero-order valence-corrected chi connectivity index (χ0v) is 18.6. The third-order valence-electron chi connectivity index (χ3n) is 4.99. The molecule has 2 aromatic carbocycles. The van der Waals surface area contributed by atoms with E-state index in [0.717, 1.165) is 31.0 Å². The van der Waals surface area contributed by atoms with Crippen molar-refractivity contribution in [3.8, 4) is 17.0 Å². The first kappa shape index (κ1) is 22.1. The van der Waals surface area contributed by atoms with Crippen molar-refractivity contribution in [1.29, 1.82) is 4.78 Å². The molecule has 1 aromatic heterocycles. The highest BCUT2D eigenvalue weighted by Gasteiger charge is 2.13. The monoisotopic (exact) mass is 457 g/mol. The number of hydrogen-bond acceptors (Lipinski definition) is 6. The number of aromatic nitrogens is 2. The lowest BCUT2D eigenvalue weighted by Gasteiger charge is -2.13. The van der Waals surface area contributed by atoms with Gasteiger partial charge >= 0.3 is 0 Å². The van der Waals surface area contributed by atoms with Gasteiger partial charge in [0.05, 0.1) is 18.5 Å². The molecule has 3 aromatic rings. The van der Waals surface area contributed by atoms with Crippen LogP contribution in [0.4, 0.5) is 26.1 Å². The largest absolute Gasteiger partial charge is 0.494 e. The second-order valence-electron chi connectivity index (χ2n) is 7.69. The summed E-state index contributed by atoms with van der Waals surface area (Å²) in [5.41, 5.74) is 2.54. The molecule has 3 N–H and O–H groups in total. The number of ether oxygens (including phenoxy) is 1. The van der Waals surface area contributed by atoms with Gasteiger partial charge in [-0.1, -0.05) is 0 Å². The SMILES string of the molecule is CS(=N)Cc1cc2cc(c1)OCCCCCNc1cc(ccc1F)-c1nc(ncc1F)N2. The molecule has 2 heterocycles. The second-order valence-corrected chi connectivity index (χ2v) is 9.26. The topological polar surface area (TPSA) is 82.9 Å². The fraction of sp³-hybridized carbons (Fsp3) is 0.304. The zero-order valence-electron chi connectivity index (χ0n) is 17.8. The maximum absolute atomic E-state index is 14.6. The predicted molar refractivity (Wildman–Crippen MR) is 125 cm³/mol. The van der Waals surface area contributed by atoms with Crippen LogP contribution in [-0.4, -0.2) is 29.4 Å². The Balaban J connectivity index is 1.74. The fourth-order valence-corrected chi connectivity index (χ4v) is 4.20.